The fraction of sp³-hybridized carbons (Fsp3) is 0.262. The van der Waals surface area contributed by atoms with Crippen molar-refractivity contribution in [2.45, 2.75) is 93.4 Å². The van der Waals surface area contributed by atoms with E-state index >= 15 is 0 Å². The molecule has 0 aliphatic carbocycles. The molecule has 4 aliphatic rings. The Morgan fingerprint density at radius 1 is 0.404 bits per heavy atom. The Bertz CT molecular complexity index is 4800. The van der Waals surface area contributed by atoms with Crippen molar-refractivity contribution < 1.29 is 65.8 Å². The molecule has 4 aromatic carbocycles. The number of benzene rings is 4. The smallest absolute Gasteiger partial charge is 0.339 e. The van der Waals surface area contributed by atoms with E-state index in [1.165, 1.54) is 87.9 Å². The minimum absolute atomic E-state index is 0.158. The maximum Gasteiger partial charge on any atom is 0.339 e. The Kier molecular flexibility index (Phi) is 24.4. The number of pyridine rings is 7. The molecule has 0 spiro atoms. The lowest BCUT2D eigenvalue weighted by atomic mass is 9.84. The van der Waals surface area contributed by atoms with Crippen molar-refractivity contribution in [1.29, 1.82) is 0 Å². The van der Waals surface area contributed by atoms with Gasteiger partial charge in [-0.1, -0.05) is 48.5 Å². The molecule has 4 saturated heterocycles. The number of carbonyl (C=O) groups excluding carboxylic acids is 3. The predicted octanol–water partition coefficient (Wildman–Crippen LogP) is 11.2. The number of aliphatic hydroxyl groups excluding tert-OH is 2. The van der Waals surface area contributed by atoms with Crippen LogP contribution in [0.5, 0.6) is 0 Å². The third-order valence-electron chi connectivity index (χ3n) is 19.8. The van der Waals surface area contributed by atoms with Crippen LogP contribution in [-0.2, 0) is 65.7 Å². The fourth-order valence-corrected chi connectivity index (χ4v) is 14.1. The number of methoxy groups -OCH3 is 1. The Labute approximate surface area is 622 Å². The molecule has 0 radical (unpaired) electrons. The largest absolute Gasteiger partial charge is 0.465 e. The number of ether oxygens (including phenoxy) is 5. The summed E-state index contributed by atoms with van der Waals surface area (Å²) in [6, 6.07) is 48.3. The minimum Gasteiger partial charge on any atom is -0.465 e. The molecule has 109 heavy (non-hydrogen) atoms. The van der Waals surface area contributed by atoms with Gasteiger partial charge in [-0.25, -0.2) is 22.4 Å². The van der Waals surface area contributed by atoms with Gasteiger partial charge in [-0.2, -0.15) is 0 Å². The second kappa shape index (κ2) is 34.5. The normalized spacial score (nSPS) is 19.1. The second-order valence-corrected chi connectivity index (χ2v) is 26.5. The van der Waals surface area contributed by atoms with E-state index in [2.05, 4.69) is 24.7 Å². The maximum atomic E-state index is 13.4. The first-order valence-electron chi connectivity index (χ1n) is 35.4. The summed E-state index contributed by atoms with van der Waals surface area (Å²) < 4.78 is 86.6. The van der Waals surface area contributed by atoms with Gasteiger partial charge in [-0.3, -0.25) is 43.7 Å². The molecule has 560 valence electrons. The topological polar surface area (TPSA) is 275 Å². The monoisotopic (exact) mass is 1480 g/mol. The van der Waals surface area contributed by atoms with E-state index in [-0.39, 0.29) is 65.1 Å². The van der Waals surface area contributed by atoms with E-state index in [1.807, 2.05) is 24.3 Å². The highest BCUT2D eigenvalue weighted by Gasteiger charge is 2.43. The van der Waals surface area contributed by atoms with E-state index in [4.69, 9.17) is 29.2 Å². The number of H-pyrrole nitrogens is 1. The molecule has 4 fully saturated rings. The second-order valence-electron chi connectivity index (χ2n) is 26.5. The average Bonchev–Trinajstić information content (AvgIpc) is 1.74. The Balaban J connectivity index is 0.000000137. The molecule has 3 N–H and O–H groups in total. The van der Waals surface area contributed by atoms with Crippen molar-refractivity contribution >= 4 is 17.5 Å². The maximum absolute atomic E-state index is 13.4. The number of aromatic nitrogens is 7. The molecule has 0 bridgehead atoms. The standard InChI is InChI=1S/3C23H21FN2O4.C15H14FNO2/c1-29-22(28)16-3-8-20(25-14-16)15-26-11-9-18(13-21(26)27)23(10-2-12-30-23)17-4-6-19(24)7-5-17;2*24-19-5-3-17(4-6-19)23(9-1-11-30-23)18-8-10-26(22(29)12-18)14-20-7-2-16(13-25-20)21(28)15-27;16-13-4-2-11(3-5-13)15(7-1-9-19-15)12-6-8-17-14(18)10-12/h3-9,11,13-14H,2,10,12,15H2,1H3;2*2-8,10,12-13,27H,1,9,11,14-15H2;2-6,8,10H,1,7,9H2,(H,17,18). The zero-order valence-corrected chi connectivity index (χ0v) is 59.4. The lowest BCUT2D eigenvalue weighted by molar-refractivity contribution is 0.0355. The number of carbonyl (C=O) groups is 3. The number of aromatic amines is 1. The van der Waals surface area contributed by atoms with Crippen molar-refractivity contribution in [3.8, 4) is 0 Å². The van der Waals surface area contributed by atoms with Crippen LogP contribution in [0.3, 0.4) is 0 Å². The van der Waals surface area contributed by atoms with Gasteiger partial charge < -0.3 is 52.6 Å². The molecule has 4 unspecified atom stereocenters. The molecule has 7 aromatic heterocycles. The molecule has 25 heteroatoms. The van der Waals surface area contributed by atoms with Crippen molar-refractivity contribution in [1.82, 2.24) is 33.6 Å². The van der Waals surface area contributed by atoms with Gasteiger partial charge in [0, 0.05) is 105 Å². The molecule has 0 amide bonds. The van der Waals surface area contributed by atoms with Gasteiger partial charge in [0.05, 0.1) is 49.4 Å². The number of nitrogens with one attached hydrogen (secondary N) is 1. The SMILES string of the molecule is COC(=O)c1ccc(Cn2ccc(C3(c4ccc(F)cc4)CCCO3)cc2=O)nc1.O=C(CO)c1ccc(Cn2ccc(C3(c4ccc(F)cc4)CCCO3)cc2=O)nc1.O=C(CO)c1ccc(Cn2ccc(C3(c4ccc(F)cc4)CCCO3)cc2=O)nc1.O=c1cc(C2(c3ccc(F)cc3)CCCO2)cc[nH]1. The van der Waals surface area contributed by atoms with E-state index in [1.54, 1.807) is 134 Å². The Morgan fingerprint density at radius 3 is 0.936 bits per heavy atom. The van der Waals surface area contributed by atoms with Crippen LogP contribution in [0.1, 0.15) is 144 Å². The quantitative estimate of drug-likeness (QED) is 0.0385. The zero-order chi connectivity index (χ0) is 76.7. The number of rotatable bonds is 19. The number of halogens is 4. The first-order chi connectivity index (χ1) is 52.7. The first kappa shape index (κ1) is 77.0. The van der Waals surface area contributed by atoms with Gasteiger partial charge in [0.2, 0.25) is 5.56 Å². The highest BCUT2D eigenvalue weighted by Crippen LogP contribution is 2.45. The summed E-state index contributed by atoms with van der Waals surface area (Å²) in [5.74, 6) is -2.49. The lowest BCUT2D eigenvalue weighted by Crippen LogP contribution is -2.30. The number of hydrogen-bond donors (Lipinski definition) is 3. The highest BCUT2D eigenvalue weighted by atomic mass is 19.1. The minimum atomic E-state index is -0.753. The first-order valence-corrected chi connectivity index (χ1v) is 35.4. The van der Waals surface area contributed by atoms with E-state index in [0.717, 1.165) is 83.0 Å². The van der Waals surface area contributed by atoms with Gasteiger partial charge in [0.25, 0.3) is 16.7 Å². The summed E-state index contributed by atoms with van der Waals surface area (Å²) in [6.07, 6.45) is 17.3. The highest BCUT2D eigenvalue weighted by molar-refractivity contribution is 5.97. The van der Waals surface area contributed by atoms with Crippen molar-refractivity contribution in [3.63, 3.8) is 0 Å². The van der Waals surface area contributed by atoms with Crippen LogP contribution in [0, 0.1) is 23.3 Å². The number of Topliss-reactive ketones (excluding diaryl/α,β-unsaturated/α-hetero) is 2. The lowest BCUT2D eigenvalue weighted by Gasteiger charge is -2.29. The molecule has 21 nitrogen and oxygen atoms in total. The number of nitrogens with zero attached hydrogens (tertiary/aromatic N) is 6. The Morgan fingerprint density at radius 2 is 0.697 bits per heavy atom. The summed E-state index contributed by atoms with van der Waals surface area (Å²) in [5, 5.41) is 17.8. The number of ketones is 2. The molecule has 15 rings (SSSR count). The van der Waals surface area contributed by atoms with Gasteiger partial charge in [0.1, 0.15) is 58.9 Å². The van der Waals surface area contributed by atoms with Crippen LogP contribution >= 0.6 is 0 Å². The van der Waals surface area contributed by atoms with Gasteiger partial charge in [-0.15, -0.1) is 0 Å². The summed E-state index contributed by atoms with van der Waals surface area (Å²) in [5.41, 5.74) is 5.65. The molecule has 4 aliphatic heterocycles. The molecule has 4 atom stereocenters. The third kappa shape index (κ3) is 17.5. The molecular weight excluding hydrogens is 1410 g/mol. The average molecular weight is 1480 g/mol. The van der Waals surface area contributed by atoms with Crippen molar-refractivity contribution in [3.05, 3.63) is 368 Å². The summed E-state index contributed by atoms with van der Waals surface area (Å²) in [7, 11) is 1.31. The molecule has 0 saturated carbocycles. The van der Waals surface area contributed by atoms with Crippen LogP contribution in [0.2, 0.25) is 0 Å². The van der Waals surface area contributed by atoms with Crippen LogP contribution in [0.4, 0.5) is 17.6 Å². The van der Waals surface area contributed by atoms with E-state index in [9.17, 15) is 51.1 Å². The fourth-order valence-electron chi connectivity index (χ4n) is 14.1. The Hall–Kier alpha value is -11.6. The van der Waals surface area contributed by atoms with E-state index < -0.39 is 53.2 Å². The number of esters is 1. The summed E-state index contributed by atoms with van der Waals surface area (Å²) in [4.78, 5) is 99.6. The number of aliphatic hydroxyl groups is 2. The van der Waals surface area contributed by atoms with Crippen LogP contribution in [-0.4, -0.2) is 108 Å². The van der Waals surface area contributed by atoms with Crippen molar-refractivity contribution in [2.24, 2.45) is 0 Å². The molecule has 11 heterocycles. The van der Waals surface area contributed by atoms with E-state index in [0.29, 0.717) is 73.0 Å². The summed E-state index contributed by atoms with van der Waals surface area (Å²) >= 11 is 0. The number of hydrogen-bond acceptors (Lipinski definition) is 17. The van der Waals surface area contributed by atoms with Crippen LogP contribution in [0.25, 0.3) is 0 Å². The van der Waals surface area contributed by atoms with Gasteiger partial charge in [0.15, 0.2) is 11.6 Å². The van der Waals surface area contributed by atoms with Gasteiger partial charge >= 0.3 is 5.97 Å². The van der Waals surface area contributed by atoms with Crippen LogP contribution in [0.15, 0.2) is 245 Å². The molecule has 11 aromatic rings. The molecular formula is C84H77F4N7O14. The van der Waals surface area contributed by atoms with Gasteiger partial charge in [-0.05, 0) is 205 Å². The van der Waals surface area contributed by atoms with Crippen molar-refractivity contribution in [2.75, 3.05) is 46.8 Å². The predicted molar refractivity (Wildman–Crippen MR) is 393 cm³/mol. The summed E-state index contributed by atoms with van der Waals surface area (Å²) in [6.45, 7) is 1.99. The van der Waals surface area contributed by atoms with Crippen LogP contribution < -0.4 is 22.2 Å². The zero-order valence-electron chi connectivity index (χ0n) is 59.4. The third-order valence-corrected chi connectivity index (χ3v) is 19.8.